The van der Waals surface area contributed by atoms with Gasteiger partial charge in [-0.3, -0.25) is 14.4 Å². The lowest BCUT2D eigenvalue weighted by atomic mass is 9.73. The van der Waals surface area contributed by atoms with E-state index in [9.17, 15) is 19.5 Å². The molecule has 3 amide bonds. The zero-order valence-corrected chi connectivity index (χ0v) is 25.5. The minimum atomic E-state index is -1.42. The molecule has 2 fully saturated rings. The SMILES string of the molecule is CCOc1ccc(N2CC=C[C@@]3(CC)O[C@]45C=CCN(c6ccc(OC)cc6)C(=O)C4N([C@H](C)CO)C(=O)[C@@H]5[C@H]3C2=O)cc1. The second-order valence-electron chi connectivity index (χ2n) is 11.7. The number of rotatable bonds is 8. The number of nitrogens with zero attached hydrogens (tertiary/aromatic N) is 3. The van der Waals surface area contributed by atoms with Gasteiger partial charge in [0.2, 0.25) is 11.8 Å². The Hall–Kier alpha value is -4.15. The summed E-state index contributed by atoms with van der Waals surface area (Å²) in [5.74, 6) is -1.47. The summed E-state index contributed by atoms with van der Waals surface area (Å²) >= 11 is 0. The first kappa shape index (κ1) is 29.9. The third-order valence-corrected chi connectivity index (χ3v) is 9.46. The van der Waals surface area contributed by atoms with E-state index < -0.39 is 35.1 Å². The van der Waals surface area contributed by atoms with Crippen molar-refractivity contribution in [3.8, 4) is 11.5 Å². The molecule has 4 heterocycles. The van der Waals surface area contributed by atoms with Crippen molar-refractivity contribution in [3.05, 3.63) is 72.8 Å². The van der Waals surface area contributed by atoms with Crippen molar-refractivity contribution < 1.29 is 33.7 Å². The summed E-state index contributed by atoms with van der Waals surface area (Å²) in [5.41, 5.74) is -1.21. The zero-order chi connectivity index (χ0) is 31.2. The quantitative estimate of drug-likeness (QED) is 0.463. The number of amides is 3. The van der Waals surface area contributed by atoms with Crippen LogP contribution >= 0.6 is 0 Å². The van der Waals surface area contributed by atoms with Crippen LogP contribution in [0.5, 0.6) is 11.5 Å². The molecule has 6 atom stereocenters. The van der Waals surface area contributed by atoms with E-state index in [0.717, 1.165) is 0 Å². The molecule has 0 saturated carbocycles. The van der Waals surface area contributed by atoms with E-state index >= 15 is 0 Å². The van der Waals surface area contributed by atoms with E-state index in [1.54, 1.807) is 48.1 Å². The first-order valence-electron chi connectivity index (χ1n) is 15.2. The van der Waals surface area contributed by atoms with Crippen LogP contribution in [0.25, 0.3) is 0 Å². The van der Waals surface area contributed by atoms with Crippen molar-refractivity contribution in [1.82, 2.24) is 4.90 Å². The molecule has 2 aromatic rings. The summed E-state index contributed by atoms with van der Waals surface area (Å²) in [6.07, 6.45) is 7.92. The van der Waals surface area contributed by atoms with Gasteiger partial charge < -0.3 is 34.0 Å². The summed E-state index contributed by atoms with van der Waals surface area (Å²) in [6, 6.07) is 12.7. The van der Waals surface area contributed by atoms with Crippen LogP contribution in [-0.2, 0) is 19.1 Å². The molecule has 0 bridgehead atoms. The minimum Gasteiger partial charge on any atom is -0.497 e. The van der Waals surface area contributed by atoms with E-state index in [1.807, 2.05) is 62.4 Å². The Bertz CT molecular complexity index is 1490. The third-order valence-electron chi connectivity index (χ3n) is 9.46. The number of likely N-dealkylation sites (tertiary alicyclic amines) is 1. The number of ether oxygens (including phenoxy) is 3. The molecule has 0 radical (unpaired) electrons. The first-order chi connectivity index (χ1) is 21.2. The Morgan fingerprint density at radius 1 is 0.864 bits per heavy atom. The lowest BCUT2D eigenvalue weighted by Gasteiger charge is -2.40. The molecule has 0 aromatic heterocycles. The Morgan fingerprint density at radius 2 is 1.45 bits per heavy atom. The summed E-state index contributed by atoms with van der Waals surface area (Å²) in [5, 5.41) is 10.3. The number of hydrogen-bond acceptors (Lipinski definition) is 7. The Kier molecular flexibility index (Phi) is 7.75. The smallest absolute Gasteiger partial charge is 0.253 e. The second kappa shape index (κ2) is 11.4. The number of hydrogen-bond donors (Lipinski definition) is 1. The van der Waals surface area contributed by atoms with Gasteiger partial charge in [0.05, 0.1) is 43.8 Å². The number of benzene rings is 2. The van der Waals surface area contributed by atoms with Crippen molar-refractivity contribution in [1.29, 1.82) is 0 Å². The molecule has 10 nitrogen and oxygen atoms in total. The molecule has 10 heteroatoms. The maximum Gasteiger partial charge on any atom is 0.253 e. The van der Waals surface area contributed by atoms with Gasteiger partial charge in [0.25, 0.3) is 5.91 Å². The van der Waals surface area contributed by atoms with Gasteiger partial charge in [-0.1, -0.05) is 31.2 Å². The number of methoxy groups -OCH3 is 1. The number of fused-ring (bicyclic) bond motifs is 2. The molecule has 4 aliphatic rings. The standard InChI is InChI=1S/C34H39N3O7/c1-5-33-17-7-19-35(23-11-15-26(16-12-23)43-6-2)30(39)27(33)28-31(40)37(22(3)21-38)29-32(41)36(20-8-18-34(28,29)44-33)24-9-13-25(42-4)14-10-24/h7-18,22,27-29,38H,5-6,19-21H2,1-4H3/t22-,27+,28+,29?,33-,34+/m1/s1. The second-order valence-corrected chi connectivity index (χ2v) is 11.7. The van der Waals surface area contributed by atoms with Crippen molar-refractivity contribution in [2.75, 3.05) is 43.2 Å². The average Bonchev–Trinajstić information content (AvgIpc) is 3.34. The largest absolute Gasteiger partial charge is 0.497 e. The lowest BCUT2D eigenvalue weighted by molar-refractivity contribution is -0.148. The van der Waals surface area contributed by atoms with Gasteiger partial charge in [0, 0.05) is 24.5 Å². The molecule has 1 unspecified atom stereocenters. The number of carbonyl (C=O) groups is 3. The molecule has 44 heavy (non-hydrogen) atoms. The van der Waals surface area contributed by atoms with Crippen LogP contribution in [0.4, 0.5) is 11.4 Å². The Balaban J connectivity index is 1.45. The van der Waals surface area contributed by atoms with Crippen LogP contribution in [-0.4, -0.2) is 84.4 Å². The van der Waals surface area contributed by atoms with Gasteiger partial charge in [-0.2, -0.15) is 0 Å². The monoisotopic (exact) mass is 601 g/mol. The van der Waals surface area contributed by atoms with Crippen LogP contribution < -0.4 is 19.3 Å². The molecule has 2 aromatic carbocycles. The van der Waals surface area contributed by atoms with E-state index in [4.69, 9.17) is 14.2 Å². The van der Waals surface area contributed by atoms with Crippen molar-refractivity contribution in [2.24, 2.45) is 11.8 Å². The molecule has 6 rings (SSSR count). The highest BCUT2D eigenvalue weighted by atomic mass is 16.5. The van der Waals surface area contributed by atoms with Crippen LogP contribution in [0.2, 0.25) is 0 Å². The highest BCUT2D eigenvalue weighted by molar-refractivity contribution is 6.07. The van der Waals surface area contributed by atoms with Crippen molar-refractivity contribution in [2.45, 2.75) is 50.5 Å². The lowest BCUT2D eigenvalue weighted by Crippen LogP contribution is -2.58. The summed E-state index contributed by atoms with van der Waals surface area (Å²) < 4.78 is 17.9. The van der Waals surface area contributed by atoms with Gasteiger partial charge in [-0.05, 0) is 68.8 Å². The highest BCUT2D eigenvalue weighted by Crippen LogP contribution is 2.59. The maximum atomic E-state index is 14.6. The van der Waals surface area contributed by atoms with E-state index in [2.05, 4.69) is 0 Å². The summed E-state index contributed by atoms with van der Waals surface area (Å²) in [6.45, 7) is 6.30. The van der Waals surface area contributed by atoms with Gasteiger partial charge in [0.15, 0.2) is 0 Å². The molecule has 0 aliphatic carbocycles. The molecular formula is C34H39N3O7. The maximum absolute atomic E-state index is 14.6. The molecule has 232 valence electrons. The van der Waals surface area contributed by atoms with Gasteiger partial charge in [-0.25, -0.2) is 0 Å². The normalized spacial score (nSPS) is 30.1. The van der Waals surface area contributed by atoms with E-state index in [-0.39, 0.29) is 30.9 Å². The highest BCUT2D eigenvalue weighted by Gasteiger charge is 2.75. The number of aliphatic hydroxyl groups is 1. The topological polar surface area (TPSA) is 109 Å². The third kappa shape index (κ3) is 4.42. The fourth-order valence-corrected chi connectivity index (χ4v) is 7.38. The Morgan fingerprint density at radius 3 is 2.02 bits per heavy atom. The fourth-order valence-electron chi connectivity index (χ4n) is 7.38. The zero-order valence-electron chi connectivity index (χ0n) is 25.5. The number of aliphatic hydroxyl groups excluding tert-OH is 1. The molecule has 2 saturated heterocycles. The number of carbonyl (C=O) groups excluding carboxylic acids is 3. The van der Waals surface area contributed by atoms with Crippen LogP contribution in [0.3, 0.4) is 0 Å². The predicted molar refractivity (Wildman–Crippen MR) is 165 cm³/mol. The van der Waals surface area contributed by atoms with E-state index in [0.29, 0.717) is 42.4 Å². The van der Waals surface area contributed by atoms with Crippen molar-refractivity contribution >= 4 is 29.1 Å². The minimum absolute atomic E-state index is 0.245. The van der Waals surface area contributed by atoms with Gasteiger partial charge in [-0.15, -0.1) is 0 Å². The summed E-state index contributed by atoms with van der Waals surface area (Å²) in [7, 11) is 1.58. The van der Waals surface area contributed by atoms with Crippen LogP contribution in [0.15, 0.2) is 72.8 Å². The van der Waals surface area contributed by atoms with Crippen LogP contribution in [0, 0.1) is 11.8 Å². The van der Waals surface area contributed by atoms with E-state index in [1.165, 1.54) is 4.90 Å². The Labute approximate surface area is 257 Å². The predicted octanol–water partition coefficient (Wildman–Crippen LogP) is 3.34. The summed E-state index contributed by atoms with van der Waals surface area (Å²) in [4.78, 5) is 48.5. The van der Waals surface area contributed by atoms with Crippen molar-refractivity contribution in [3.63, 3.8) is 0 Å². The van der Waals surface area contributed by atoms with Gasteiger partial charge in [0.1, 0.15) is 23.1 Å². The number of anilines is 2. The average molecular weight is 602 g/mol. The van der Waals surface area contributed by atoms with Gasteiger partial charge >= 0.3 is 0 Å². The fraction of sp³-hybridized carbons (Fsp3) is 0.441. The van der Waals surface area contributed by atoms with Crippen LogP contribution in [0.1, 0.15) is 27.2 Å². The molecule has 1 N–H and O–H groups in total. The molecule has 4 aliphatic heterocycles. The first-order valence-corrected chi connectivity index (χ1v) is 15.2. The molecular weight excluding hydrogens is 562 g/mol. The molecule has 1 spiro atoms.